The van der Waals surface area contributed by atoms with Crippen LogP contribution in [-0.4, -0.2) is 21.1 Å². The quantitative estimate of drug-likeness (QED) is 0.348. The molecule has 0 radical (unpaired) electrons. The summed E-state index contributed by atoms with van der Waals surface area (Å²) in [5, 5.41) is 14.6. The molecule has 0 atom stereocenters. The maximum Gasteiger partial charge on any atom is 0.241 e. The van der Waals surface area contributed by atoms with Crippen LogP contribution in [0, 0.1) is 6.92 Å². The third kappa shape index (κ3) is 2.67. The van der Waals surface area contributed by atoms with Crippen LogP contribution in [0.25, 0.3) is 10.4 Å². The molecule has 2 aromatic rings. The summed E-state index contributed by atoms with van der Waals surface area (Å²) in [6.45, 7) is 2.01. The zero-order valence-electron chi connectivity index (χ0n) is 9.09. The number of benzene rings is 1. The first-order chi connectivity index (χ1) is 8.29. The fourth-order valence-electron chi connectivity index (χ4n) is 1.19. The zero-order valence-corrected chi connectivity index (χ0v) is 9.09. The second-order valence-corrected chi connectivity index (χ2v) is 3.32. The molecule has 0 N–H and O–H groups in total. The summed E-state index contributed by atoms with van der Waals surface area (Å²) in [5.74, 6) is 0.107. The summed E-state index contributed by atoms with van der Waals surface area (Å²) in [6.07, 6.45) is 3.01. The van der Waals surface area contributed by atoms with Crippen LogP contribution in [0.3, 0.4) is 0 Å². The van der Waals surface area contributed by atoms with E-state index in [9.17, 15) is 0 Å². The first-order valence-electron chi connectivity index (χ1n) is 4.86. The number of rotatable bonds is 3. The lowest BCUT2D eigenvalue weighted by atomic mass is 10.2. The largest absolute Gasteiger partial charge is 0.241 e. The van der Waals surface area contributed by atoms with E-state index >= 15 is 0 Å². The van der Waals surface area contributed by atoms with E-state index in [1.165, 1.54) is 16.6 Å². The van der Waals surface area contributed by atoms with Gasteiger partial charge in [0, 0.05) is 4.91 Å². The number of azide groups is 1. The molecule has 0 spiro atoms. The highest BCUT2D eigenvalue weighted by Crippen LogP contribution is 2.06. The molecule has 0 amide bonds. The molecule has 17 heavy (non-hydrogen) atoms. The zero-order chi connectivity index (χ0) is 12.1. The van der Waals surface area contributed by atoms with Gasteiger partial charge in [0.15, 0.2) is 0 Å². The molecule has 0 aliphatic rings. The minimum absolute atomic E-state index is 0.107. The fourth-order valence-corrected chi connectivity index (χ4v) is 1.19. The van der Waals surface area contributed by atoms with Gasteiger partial charge in [-0.05, 0) is 23.1 Å². The van der Waals surface area contributed by atoms with Gasteiger partial charge in [0.05, 0.1) is 6.21 Å². The van der Waals surface area contributed by atoms with E-state index in [0.29, 0.717) is 0 Å². The van der Waals surface area contributed by atoms with Crippen LogP contribution in [0.4, 0.5) is 5.95 Å². The third-order valence-electron chi connectivity index (χ3n) is 2.06. The molecule has 1 heterocycles. The summed E-state index contributed by atoms with van der Waals surface area (Å²) in [5.41, 5.74) is 10.4. The molecule has 1 aromatic heterocycles. The average molecular weight is 227 g/mol. The van der Waals surface area contributed by atoms with Crippen LogP contribution in [-0.2, 0) is 0 Å². The van der Waals surface area contributed by atoms with Crippen LogP contribution >= 0.6 is 0 Å². The summed E-state index contributed by atoms with van der Waals surface area (Å²) < 4.78 is 1.31. The van der Waals surface area contributed by atoms with Gasteiger partial charge in [-0.25, -0.2) is 0 Å². The average Bonchev–Trinajstić information content (AvgIpc) is 2.77. The normalized spacial score (nSPS) is 10.4. The second kappa shape index (κ2) is 4.91. The Kier molecular flexibility index (Phi) is 3.13. The molecule has 0 aliphatic carbocycles. The highest BCUT2D eigenvalue weighted by atomic mass is 15.5. The smallest absolute Gasteiger partial charge is 0.198 e. The molecule has 0 saturated heterocycles. The van der Waals surface area contributed by atoms with Crippen LogP contribution in [0.1, 0.15) is 11.1 Å². The Morgan fingerprint density at radius 2 is 2.12 bits per heavy atom. The molecule has 0 saturated carbocycles. The van der Waals surface area contributed by atoms with Gasteiger partial charge >= 0.3 is 0 Å². The molecule has 1 aromatic carbocycles. The lowest BCUT2D eigenvalue weighted by Crippen LogP contribution is -1.88. The third-order valence-corrected chi connectivity index (χ3v) is 2.06. The molecule has 84 valence electrons. The van der Waals surface area contributed by atoms with E-state index in [2.05, 4.69) is 25.3 Å². The molecule has 0 aliphatic heterocycles. The number of aryl methyl sites for hydroxylation is 1. The Morgan fingerprint density at radius 3 is 2.82 bits per heavy atom. The minimum Gasteiger partial charge on any atom is -0.198 e. The van der Waals surface area contributed by atoms with Crippen LogP contribution < -0.4 is 0 Å². The van der Waals surface area contributed by atoms with Crippen LogP contribution in [0.5, 0.6) is 0 Å². The summed E-state index contributed by atoms with van der Waals surface area (Å²) >= 11 is 0. The van der Waals surface area contributed by atoms with Gasteiger partial charge < -0.3 is 0 Å². The van der Waals surface area contributed by atoms with E-state index in [1.807, 2.05) is 31.2 Å². The van der Waals surface area contributed by atoms with Crippen molar-refractivity contribution < 1.29 is 0 Å². The standard InChI is InChI=1S/C10H9N7/c1-8-2-4-9(5-3-8)6-13-17-7-12-14-10(17)15-16-11/h2-7H,1H3/b13-6+. The molecule has 0 bridgehead atoms. The van der Waals surface area contributed by atoms with E-state index < -0.39 is 0 Å². The molecule has 7 heteroatoms. The van der Waals surface area contributed by atoms with Crippen molar-refractivity contribution in [2.45, 2.75) is 6.92 Å². The summed E-state index contributed by atoms with van der Waals surface area (Å²) in [4.78, 5) is 2.63. The number of hydrogen-bond donors (Lipinski definition) is 0. The van der Waals surface area contributed by atoms with Crippen molar-refractivity contribution in [3.63, 3.8) is 0 Å². The van der Waals surface area contributed by atoms with Crippen molar-refractivity contribution in [3.05, 3.63) is 52.2 Å². The van der Waals surface area contributed by atoms with E-state index in [-0.39, 0.29) is 5.95 Å². The summed E-state index contributed by atoms with van der Waals surface area (Å²) in [6, 6.07) is 7.86. The lowest BCUT2D eigenvalue weighted by Gasteiger charge is -1.95. The Balaban J connectivity index is 2.22. The van der Waals surface area contributed by atoms with Crippen molar-refractivity contribution in [2.24, 2.45) is 10.2 Å². The van der Waals surface area contributed by atoms with Gasteiger partial charge in [-0.15, -0.1) is 10.2 Å². The predicted molar refractivity (Wildman–Crippen MR) is 63.0 cm³/mol. The molecule has 0 fully saturated rings. The second-order valence-electron chi connectivity index (χ2n) is 3.32. The van der Waals surface area contributed by atoms with E-state index in [4.69, 9.17) is 5.53 Å². The van der Waals surface area contributed by atoms with Gasteiger partial charge in [-0.1, -0.05) is 29.8 Å². The van der Waals surface area contributed by atoms with Gasteiger partial charge in [0.1, 0.15) is 6.33 Å². The number of nitrogens with zero attached hydrogens (tertiary/aromatic N) is 7. The van der Waals surface area contributed by atoms with Crippen molar-refractivity contribution in [1.29, 1.82) is 0 Å². The molecule has 2 rings (SSSR count). The Labute approximate surface area is 97.0 Å². The highest BCUT2D eigenvalue weighted by Gasteiger charge is 1.97. The van der Waals surface area contributed by atoms with Crippen molar-refractivity contribution in [2.75, 3.05) is 0 Å². The first-order valence-corrected chi connectivity index (χ1v) is 4.86. The molecule has 0 unspecified atom stereocenters. The maximum absolute atomic E-state index is 8.30. The van der Waals surface area contributed by atoms with Crippen molar-refractivity contribution in [3.8, 4) is 0 Å². The minimum atomic E-state index is 0.107. The Hall–Kier alpha value is -2.66. The number of hydrogen-bond acceptors (Lipinski definition) is 4. The van der Waals surface area contributed by atoms with E-state index in [0.717, 1.165) is 5.56 Å². The van der Waals surface area contributed by atoms with Gasteiger partial charge in [-0.2, -0.15) is 9.78 Å². The highest BCUT2D eigenvalue weighted by molar-refractivity contribution is 5.79. The van der Waals surface area contributed by atoms with Gasteiger partial charge in [0.2, 0.25) is 5.95 Å². The Morgan fingerprint density at radius 1 is 1.35 bits per heavy atom. The topological polar surface area (TPSA) is 91.8 Å². The van der Waals surface area contributed by atoms with Crippen LogP contribution in [0.15, 0.2) is 40.8 Å². The van der Waals surface area contributed by atoms with Gasteiger partial charge in [0.25, 0.3) is 0 Å². The molecular weight excluding hydrogens is 218 g/mol. The monoisotopic (exact) mass is 227 g/mol. The lowest BCUT2D eigenvalue weighted by molar-refractivity contribution is 0.876. The van der Waals surface area contributed by atoms with Crippen molar-refractivity contribution in [1.82, 2.24) is 14.9 Å². The molecular formula is C10H9N7. The Bertz CT molecular complexity index is 575. The maximum atomic E-state index is 8.30. The van der Waals surface area contributed by atoms with E-state index in [1.54, 1.807) is 6.21 Å². The van der Waals surface area contributed by atoms with Gasteiger partial charge in [-0.3, -0.25) is 0 Å². The first kappa shape index (κ1) is 10.8. The SMILES string of the molecule is Cc1ccc(/C=N/n2cnnc2N=[N+]=[N-])cc1. The molecule has 7 nitrogen and oxygen atoms in total. The van der Waals surface area contributed by atoms with Crippen molar-refractivity contribution >= 4 is 12.2 Å². The predicted octanol–water partition coefficient (Wildman–Crippen LogP) is 2.41. The van der Waals surface area contributed by atoms with Crippen LogP contribution in [0.2, 0.25) is 0 Å². The fraction of sp³-hybridized carbons (Fsp3) is 0.100. The number of aromatic nitrogens is 3. The summed E-state index contributed by atoms with van der Waals surface area (Å²) in [7, 11) is 0.